The maximum absolute atomic E-state index is 13.3. The second-order valence-electron chi connectivity index (χ2n) is 7.76. The summed E-state index contributed by atoms with van der Waals surface area (Å²) in [5.74, 6) is -0.126. The molecule has 1 fully saturated rings. The van der Waals surface area contributed by atoms with E-state index in [4.69, 9.17) is 0 Å². The number of fused-ring (bicyclic) bond motifs is 1. The molecule has 1 saturated heterocycles. The number of likely N-dealkylation sites (N-methyl/N-ethyl adjacent to an activating group) is 1. The summed E-state index contributed by atoms with van der Waals surface area (Å²) in [7, 11) is 0. The Labute approximate surface area is 180 Å². The number of piperidine rings is 1. The van der Waals surface area contributed by atoms with Crippen molar-refractivity contribution in [3.8, 4) is 0 Å². The van der Waals surface area contributed by atoms with Crippen LogP contribution in [0.2, 0.25) is 0 Å². The van der Waals surface area contributed by atoms with Crippen molar-refractivity contribution in [2.45, 2.75) is 39.3 Å². The number of nitrogens with one attached hydrogen (secondary N) is 2. The SMILES string of the molecule is CCN(C(=O)Cn1c(C(=O)NC2CCNCC2)cc2sccc21)c1cccc(C)c1. The summed E-state index contributed by atoms with van der Waals surface area (Å²) in [6.07, 6.45) is 1.85. The lowest BCUT2D eigenvalue weighted by Crippen LogP contribution is -2.43. The Balaban J connectivity index is 1.59. The van der Waals surface area contributed by atoms with Crippen molar-refractivity contribution < 1.29 is 9.59 Å². The van der Waals surface area contributed by atoms with Crippen LogP contribution >= 0.6 is 11.3 Å². The normalized spacial score (nSPS) is 14.7. The lowest BCUT2D eigenvalue weighted by molar-refractivity contribution is -0.119. The Morgan fingerprint density at radius 2 is 2.03 bits per heavy atom. The first-order valence-corrected chi connectivity index (χ1v) is 11.4. The molecular formula is C23H28N4O2S. The van der Waals surface area contributed by atoms with E-state index in [1.54, 1.807) is 16.2 Å². The standard InChI is InChI=1S/C23H28N4O2S/c1-3-26(18-6-4-5-16(2)13-18)22(28)15-27-19-9-12-30-21(19)14-20(27)23(29)25-17-7-10-24-11-8-17/h4-6,9,12-14,17,24H,3,7-8,10-11,15H2,1-2H3,(H,25,29). The number of rotatable bonds is 6. The molecule has 7 heteroatoms. The van der Waals surface area contributed by atoms with Gasteiger partial charge in [-0.1, -0.05) is 12.1 Å². The average Bonchev–Trinajstić information content (AvgIpc) is 3.32. The number of amides is 2. The molecule has 158 valence electrons. The Bertz CT molecular complexity index is 1050. The molecule has 0 saturated carbocycles. The van der Waals surface area contributed by atoms with E-state index >= 15 is 0 Å². The summed E-state index contributed by atoms with van der Waals surface area (Å²) in [6, 6.07) is 12.0. The fourth-order valence-corrected chi connectivity index (χ4v) is 4.90. The second-order valence-corrected chi connectivity index (χ2v) is 8.71. The number of aromatic nitrogens is 1. The molecule has 6 nitrogen and oxygen atoms in total. The molecule has 0 unspecified atom stereocenters. The van der Waals surface area contributed by atoms with Crippen LogP contribution in [0.5, 0.6) is 0 Å². The minimum absolute atomic E-state index is 0.0253. The van der Waals surface area contributed by atoms with E-state index in [1.165, 1.54) is 0 Å². The third kappa shape index (κ3) is 4.27. The fourth-order valence-electron chi connectivity index (χ4n) is 4.08. The third-order valence-electron chi connectivity index (χ3n) is 5.65. The molecule has 0 spiro atoms. The van der Waals surface area contributed by atoms with Gasteiger partial charge in [0.15, 0.2) is 0 Å². The average molecular weight is 425 g/mol. The third-order valence-corrected chi connectivity index (χ3v) is 6.51. The largest absolute Gasteiger partial charge is 0.348 e. The van der Waals surface area contributed by atoms with Crippen LogP contribution in [0.1, 0.15) is 35.8 Å². The Morgan fingerprint density at radius 1 is 1.23 bits per heavy atom. The molecule has 3 aromatic rings. The van der Waals surface area contributed by atoms with Crippen LogP contribution < -0.4 is 15.5 Å². The van der Waals surface area contributed by atoms with E-state index in [-0.39, 0.29) is 24.4 Å². The Kier molecular flexibility index (Phi) is 6.20. The number of thiophene rings is 1. The zero-order valence-electron chi connectivity index (χ0n) is 17.5. The van der Waals surface area contributed by atoms with Gasteiger partial charge in [-0.2, -0.15) is 0 Å². The van der Waals surface area contributed by atoms with E-state index in [0.29, 0.717) is 12.2 Å². The molecular weight excluding hydrogens is 396 g/mol. The van der Waals surface area contributed by atoms with Crippen molar-refractivity contribution in [1.82, 2.24) is 15.2 Å². The molecule has 0 aliphatic carbocycles. The van der Waals surface area contributed by atoms with E-state index in [1.807, 2.05) is 60.2 Å². The van der Waals surface area contributed by atoms with Gasteiger partial charge in [0.1, 0.15) is 12.2 Å². The van der Waals surface area contributed by atoms with Crippen LogP contribution in [0.4, 0.5) is 5.69 Å². The van der Waals surface area contributed by atoms with Gasteiger partial charge in [-0.25, -0.2) is 0 Å². The monoisotopic (exact) mass is 424 g/mol. The molecule has 0 atom stereocenters. The summed E-state index contributed by atoms with van der Waals surface area (Å²) in [4.78, 5) is 28.1. The highest BCUT2D eigenvalue weighted by Gasteiger charge is 2.23. The van der Waals surface area contributed by atoms with E-state index < -0.39 is 0 Å². The number of carbonyl (C=O) groups excluding carboxylic acids is 2. The molecule has 1 aromatic carbocycles. The maximum Gasteiger partial charge on any atom is 0.268 e. The molecule has 3 heterocycles. The van der Waals surface area contributed by atoms with Gasteiger partial charge in [0.05, 0.1) is 10.2 Å². The van der Waals surface area contributed by atoms with Crippen molar-refractivity contribution in [2.24, 2.45) is 0 Å². The van der Waals surface area contributed by atoms with Gasteiger partial charge in [-0.3, -0.25) is 9.59 Å². The van der Waals surface area contributed by atoms with Crippen molar-refractivity contribution in [2.75, 3.05) is 24.5 Å². The van der Waals surface area contributed by atoms with Crippen LogP contribution in [-0.4, -0.2) is 42.1 Å². The number of nitrogens with zero attached hydrogens (tertiary/aromatic N) is 2. The summed E-state index contributed by atoms with van der Waals surface area (Å²) >= 11 is 1.59. The van der Waals surface area contributed by atoms with Crippen molar-refractivity contribution >= 4 is 39.1 Å². The van der Waals surface area contributed by atoms with Gasteiger partial charge in [0, 0.05) is 18.3 Å². The molecule has 2 amide bonds. The van der Waals surface area contributed by atoms with Crippen molar-refractivity contribution in [3.05, 3.63) is 53.0 Å². The van der Waals surface area contributed by atoms with Crippen molar-refractivity contribution in [3.63, 3.8) is 0 Å². The van der Waals surface area contributed by atoms with Crippen LogP contribution in [0, 0.1) is 6.92 Å². The molecule has 1 aliphatic heterocycles. The summed E-state index contributed by atoms with van der Waals surface area (Å²) in [5, 5.41) is 8.48. The molecule has 4 rings (SSSR count). The van der Waals surface area contributed by atoms with Gasteiger partial charge >= 0.3 is 0 Å². The van der Waals surface area contributed by atoms with Crippen molar-refractivity contribution in [1.29, 1.82) is 0 Å². The smallest absolute Gasteiger partial charge is 0.268 e. The maximum atomic E-state index is 13.3. The van der Waals surface area contributed by atoms with E-state index in [2.05, 4.69) is 10.6 Å². The first-order valence-electron chi connectivity index (χ1n) is 10.5. The first kappa shape index (κ1) is 20.6. The Hall–Kier alpha value is -2.64. The number of aryl methyl sites for hydroxylation is 1. The minimum atomic E-state index is -0.100. The topological polar surface area (TPSA) is 66.4 Å². The van der Waals surface area contributed by atoms with E-state index in [9.17, 15) is 9.59 Å². The summed E-state index contributed by atoms with van der Waals surface area (Å²) in [5.41, 5.74) is 3.49. The predicted molar refractivity (Wildman–Crippen MR) is 122 cm³/mol. The van der Waals surface area contributed by atoms with Gasteiger partial charge in [-0.15, -0.1) is 11.3 Å². The van der Waals surface area contributed by atoms with Gasteiger partial charge < -0.3 is 20.1 Å². The highest BCUT2D eigenvalue weighted by molar-refractivity contribution is 7.17. The number of carbonyl (C=O) groups is 2. The van der Waals surface area contributed by atoms with Crippen LogP contribution in [0.3, 0.4) is 0 Å². The minimum Gasteiger partial charge on any atom is -0.348 e. The van der Waals surface area contributed by atoms with Crippen LogP contribution in [-0.2, 0) is 11.3 Å². The second kappa shape index (κ2) is 9.02. The quantitative estimate of drug-likeness (QED) is 0.636. The number of benzene rings is 1. The molecule has 0 radical (unpaired) electrons. The number of hydrogen-bond acceptors (Lipinski definition) is 4. The van der Waals surface area contributed by atoms with Crippen LogP contribution in [0.15, 0.2) is 41.8 Å². The van der Waals surface area contributed by atoms with Gasteiger partial charge in [0.25, 0.3) is 5.91 Å². The van der Waals surface area contributed by atoms with Crippen LogP contribution in [0.25, 0.3) is 10.2 Å². The lowest BCUT2D eigenvalue weighted by Gasteiger charge is -2.25. The Morgan fingerprint density at radius 3 is 2.77 bits per heavy atom. The van der Waals surface area contributed by atoms with E-state index in [0.717, 1.165) is 47.4 Å². The summed E-state index contributed by atoms with van der Waals surface area (Å²) in [6.45, 7) is 6.54. The fraction of sp³-hybridized carbons (Fsp3) is 0.391. The molecule has 30 heavy (non-hydrogen) atoms. The number of hydrogen-bond donors (Lipinski definition) is 2. The lowest BCUT2D eigenvalue weighted by atomic mass is 10.1. The molecule has 2 aromatic heterocycles. The predicted octanol–water partition coefficient (Wildman–Crippen LogP) is 3.55. The number of anilines is 1. The van der Waals surface area contributed by atoms with Gasteiger partial charge in [-0.05, 0) is 75.0 Å². The highest BCUT2D eigenvalue weighted by atomic mass is 32.1. The van der Waals surface area contributed by atoms with Gasteiger partial charge in [0.2, 0.25) is 5.91 Å². The molecule has 0 bridgehead atoms. The molecule has 2 N–H and O–H groups in total. The molecule has 1 aliphatic rings. The zero-order chi connectivity index (χ0) is 21.1. The zero-order valence-corrected chi connectivity index (χ0v) is 18.3. The summed E-state index contributed by atoms with van der Waals surface area (Å²) < 4.78 is 2.89. The first-order chi connectivity index (χ1) is 14.6. The highest BCUT2D eigenvalue weighted by Crippen LogP contribution is 2.26.